The molecule has 0 aliphatic carbocycles. The molecular formula is C32H38Cl3N3O4S. The van der Waals surface area contributed by atoms with Gasteiger partial charge in [-0.2, -0.15) is 0 Å². The summed E-state index contributed by atoms with van der Waals surface area (Å²) in [5, 5.41) is 4.16. The molecular weight excluding hydrogens is 629 g/mol. The van der Waals surface area contributed by atoms with Gasteiger partial charge in [-0.05, 0) is 55.2 Å². The Kier molecular flexibility index (Phi) is 13.2. The number of hydrogen-bond donors (Lipinski definition) is 1. The molecule has 0 aliphatic rings. The van der Waals surface area contributed by atoms with Gasteiger partial charge in [0.2, 0.25) is 21.8 Å². The minimum atomic E-state index is -3.67. The number of sulfonamides is 1. The van der Waals surface area contributed by atoms with Crippen molar-refractivity contribution in [2.24, 2.45) is 0 Å². The number of anilines is 1. The van der Waals surface area contributed by atoms with Crippen LogP contribution in [0.1, 0.15) is 49.3 Å². The lowest BCUT2D eigenvalue weighted by Gasteiger charge is -2.32. The number of carbonyl (C=O) groups is 2. The first-order chi connectivity index (χ1) is 20.4. The molecule has 7 nitrogen and oxygen atoms in total. The van der Waals surface area contributed by atoms with Gasteiger partial charge in [0.05, 0.1) is 11.9 Å². The molecule has 2 amide bonds. The average Bonchev–Trinajstić information content (AvgIpc) is 2.95. The van der Waals surface area contributed by atoms with Gasteiger partial charge in [-0.1, -0.05) is 90.6 Å². The summed E-state index contributed by atoms with van der Waals surface area (Å²) in [5.74, 6) is -0.597. The number of hydrogen-bond acceptors (Lipinski definition) is 4. The molecule has 0 radical (unpaired) electrons. The van der Waals surface area contributed by atoms with E-state index < -0.39 is 16.1 Å². The van der Waals surface area contributed by atoms with Crippen molar-refractivity contribution >= 4 is 62.3 Å². The molecule has 3 aromatic carbocycles. The summed E-state index contributed by atoms with van der Waals surface area (Å²) in [5.41, 5.74) is 2.62. The van der Waals surface area contributed by atoms with Gasteiger partial charge in [-0.25, -0.2) is 8.42 Å². The second-order valence-electron chi connectivity index (χ2n) is 10.4. The third-order valence-corrected chi connectivity index (χ3v) is 9.21. The zero-order valence-electron chi connectivity index (χ0n) is 24.7. The van der Waals surface area contributed by atoms with Crippen LogP contribution in [0.2, 0.25) is 15.1 Å². The Balaban J connectivity index is 1.93. The molecule has 3 aromatic rings. The number of benzene rings is 3. The maximum Gasteiger partial charge on any atom is 0.243 e. The predicted octanol–water partition coefficient (Wildman–Crippen LogP) is 7.06. The first kappa shape index (κ1) is 34.7. The maximum absolute atomic E-state index is 14.0. The summed E-state index contributed by atoms with van der Waals surface area (Å²) in [6.07, 6.45) is 3.31. The van der Waals surface area contributed by atoms with Gasteiger partial charge in [0.15, 0.2) is 0 Å². The first-order valence-electron chi connectivity index (χ1n) is 14.2. The van der Waals surface area contributed by atoms with Crippen LogP contribution in [0.25, 0.3) is 0 Å². The highest BCUT2D eigenvalue weighted by Gasteiger charge is 2.31. The standard InChI is InChI=1S/C32H38Cl3N3O4S/c1-4-5-18-36-32(40)30(20-24-11-7-6-8-12-24)37(22-26-27(34)13-9-14-28(26)35)31(39)15-10-19-38(43(3,41)42)29-21-25(33)17-16-23(29)2/h6-9,11-14,16-17,21,30H,4-5,10,15,18-20,22H2,1-3H3,(H,36,40)/t30-/m1/s1. The SMILES string of the molecule is CCCCNC(=O)[C@@H](Cc1ccccc1)N(Cc1c(Cl)cccc1Cl)C(=O)CCCN(c1cc(Cl)ccc1C)S(C)(=O)=O. The van der Waals surface area contributed by atoms with Crippen molar-refractivity contribution in [3.05, 3.63) is 98.5 Å². The molecule has 0 bridgehead atoms. The number of nitrogens with zero attached hydrogens (tertiary/aromatic N) is 2. The van der Waals surface area contributed by atoms with Crippen molar-refractivity contribution in [1.29, 1.82) is 0 Å². The number of carbonyl (C=O) groups excluding carboxylic acids is 2. The Morgan fingerprint density at radius 3 is 2.23 bits per heavy atom. The minimum absolute atomic E-state index is 0.0127. The molecule has 0 heterocycles. The van der Waals surface area contributed by atoms with Gasteiger partial charge in [0.1, 0.15) is 6.04 Å². The van der Waals surface area contributed by atoms with E-state index in [1.54, 1.807) is 43.3 Å². The summed E-state index contributed by atoms with van der Waals surface area (Å²) < 4.78 is 26.8. The molecule has 232 valence electrons. The van der Waals surface area contributed by atoms with E-state index in [1.807, 2.05) is 37.3 Å². The van der Waals surface area contributed by atoms with Gasteiger partial charge in [0.25, 0.3) is 0 Å². The number of amides is 2. The van der Waals surface area contributed by atoms with Crippen molar-refractivity contribution in [3.8, 4) is 0 Å². The largest absolute Gasteiger partial charge is 0.354 e. The Hall–Kier alpha value is -2.78. The molecule has 11 heteroatoms. The Bertz CT molecular complexity index is 1480. The first-order valence-corrected chi connectivity index (χ1v) is 17.2. The van der Waals surface area contributed by atoms with Crippen LogP contribution in [-0.2, 0) is 32.6 Å². The van der Waals surface area contributed by atoms with Crippen LogP contribution in [0.5, 0.6) is 0 Å². The maximum atomic E-state index is 14.0. The van der Waals surface area contributed by atoms with Crippen molar-refractivity contribution in [3.63, 3.8) is 0 Å². The molecule has 0 saturated carbocycles. The van der Waals surface area contributed by atoms with Crippen LogP contribution < -0.4 is 9.62 Å². The van der Waals surface area contributed by atoms with E-state index in [4.69, 9.17) is 34.8 Å². The van der Waals surface area contributed by atoms with Crippen LogP contribution in [0, 0.1) is 6.92 Å². The second-order valence-corrected chi connectivity index (χ2v) is 13.6. The lowest BCUT2D eigenvalue weighted by molar-refractivity contribution is -0.141. The molecule has 43 heavy (non-hydrogen) atoms. The Labute approximate surface area is 270 Å². The van der Waals surface area contributed by atoms with Crippen molar-refractivity contribution in [2.75, 3.05) is 23.7 Å². The lowest BCUT2D eigenvalue weighted by Crippen LogP contribution is -2.50. The summed E-state index contributed by atoms with van der Waals surface area (Å²) in [6.45, 7) is 4.39. The fraction of sp³-hybridized carbons (Fsp3) is 0.375. The van der Waals surface area contributed by atoms with Gasteiger partial charge in [-0.3, -0.25) is 13.9 Å². The predicted molar refractivity (Wildman–Crippen MR) is 176 cm³/mol. The van der Waals surface area contributed by atoms with Crippen LogP contribution in [-0.4, -0.2) is 50.5 Å². The molecule has 1 atom stereocenters. The highest BCUT2D eigenvalue weighted by molar-refractivity contribution is 7.92. The van der Waals surface area contributed by atoms with E-state index in [-0.39, 0.29) is 44.2 Å². The quantitative estimate of drug-likeness (QED) is 0.176. The number of aryl methyl sites for hydroxylation is 1. The molecule has 0 aromatic heterocycles. The highest BCUT2D eigenvalue weighted by atomic mass is 35.5. The second kappa shape index (κ2) is 16.3. The molecule has 0 spiro atoms. The molecule has 0 aliphatic heterocycles. The number of nitrogens with one attached hydrogen (secondary N) is 1. The van der Waals surface area contributed by atoms with E-state index in [0.29, 0.717) is 32.9 Å². The summed E-state index contributed by atoms with van der Waals surface area (Å²) in [4.78, 5) is 29.1. The summed E-state index contributed by atoms with van der Waals surface area (Å²) in [7, 11) is -3.67. The average molecular weight is 667 g/mol. The number of unbranched alkanes of at least 4 members (excludes halogenated alkanes) is 1. The van der Waals surface area contributed by atoms with Gasteiger partial charge >= 0.3 is 0 Å². The fourth-order valence-electron chi connectivity index (χ4n) is 4.75. The monoisotopic (exact) mass is 665 g/mol. The van der Waals surface area contributed by atoms with Gasteiger partial charge in [-0.15, -0.1) is 0 Å². The minimum Gasteiger partial charge on any atom is -0.354 e. The van der Waals surface area contributed by atoms with Crippen LogP contribution >= 0.6 is 34.8 Å². The van der Waals surface area contributed by atoms with Gasteiger partial charge in [0, 0.05) is 53.1 Å². The summed E-state index contributed by atoms with van der Waals surface area (Å²) >= 11 is 19.2. The lowest BCUT2D eigenvalue weighted by atomic mass is 10.0. The molecule has 3 rings (SSSR count). The molecule has 0 fully saturated rings. The van der Waals surface area contributed by atoms with E-state index >= 15 is 0 Å². The number of halogens is 3. The molecule has 0 unspecified atom stereocenters. The zero-order chi connectivity index (χ0) is 31.6. The van der Waals surface area contributed by atoms with Crippen LogP contribution in [0.4, 0.5) is 5.69 Å². The van der Waals surface area contributed by atoms with Crippen LogP contribution in [0.15, 0.2) is 66.7 Å². The van der Waals surface area contributed by atoms with E-state index in [9.17, 15) is 18.0 Å². The Morgan fingerprint density at radius 2 is 1.60 bits per heavy atom. The summed E-state index contributed by atoms with van der Waals surface area (Å²) in [6, 6.07) is 18.8. The molecule has 1 N–H and O–H groups in total. The fourth-order valence-corrected chi connectivity index (χ4v) is 6.45. The van der Waals surface area contributed by atoms with Crippen LogP contribution in [0.3, 0.4) is 0 Å². The van der Waals surface area contributed by atoms with E-state index in [0.717, 1.165) is 30.2 Å². The number of rotatable bonds is 15. The third kappa shape index (κ3) is 10.1. The Morgan fingerprint density at radius 1 is 0.930 bits per heavy atom. The van der Waals surface area contributed by atoms with Crippen molar-refractivity contribution in [1.82, 2.24) is 10.2 Å². The van der Waals surface area contributed by atoms with Crippen molar-refractivity contribution < 1.29 is 18.0 Å². The third-order valence-electron chi connectivity index (χ3n) is 7.08. The zero-order valence-corrected chi connectivity index (χ0v) is 27.7. The van der Waals surface area contributed by atoms with E-state index in [2.05, 4.69) is 5.32 Å². The van der Waals surface area contributed by atoms with E-state index in [1.165, 1.54) is 9.21 Å². The normalized spacial score (nSPS) is 12.0. The molecule has 0 saturated heterocycles. The van der Waals surface area contributed by atoms with Crippen molar-refractivity contribution in [2.45, 2.75) is 58.5 Å². The topological polar surface area (TPSA) is 86.8 Å². The highest BCUT2D eigenvalue weighted by Crippen LogP contribution is 2.29. The smallest absolute Gasteiger partial charge is 0.243 e. The van der Waals surface area contributed by atoms with Gasteiger partial charge < -0.3 is 10.2 Å².